The highest BCUT2D eigenvalue weighted by Crippen LogP contribution is 2.36. The lowest BCUT2D eigenvalue weighted by Gasteiger charge is -2.16. The van der Waals surface area contributed by atoms with Crippen molar-refractivity contribution in [2.45, 2.75) is 12.3 Å². The van der Waals surface area contributed by atoms with Gasteiger partial charge in [0.25, 0.3) is 5.91 Å². The van der Waals surface area contributed by atoms with Crippen LogP contribution < -0.4 is 4.74 Å². The maximum atomic E-state index is 13.4. The molecule has 1 aliphatic heterocycles. The van der Waals surface area contributed by atoms with Crippen LogP contribution >= 0.6 is 11.3 Å². The summed E-state index contributed by atoms with van der Waals surface area (Å²) in [5.41, 5.74) is 2.27. The highest BCUT2D eigenvalue weighted by atomic mass is 32.1. The lowest BCUT2D eigenvalue weighted by atomic mass is 10.1. The lowest BCUT2D eigenvalue weighted by molar-refractivity contribution is 0.0791. The Morgan fingerprint density at radius 1 is 1.26 bits per heavy atom. The van der Waals surface area contributed by atoms with Crippen molar-refractivity contribution in [3.8, 4) is 17.0 Å². The molecule has 1 fully saturated rings. The molecule has 1 atom stereocenters. The van der Waals surface area contributed by atoms with E-state index in [1.54, 1.807) is 17.4 Å². The minimum atomic E-state index is -0.336. The Bertz CT molecular complexity index is 958. The van der Waals surface area contributed by atoms with Gasteiger partial charge in [0.1, 0.15) is 11.6 Å². The molecule has 0 aliphatic carbocycles. The normalized spacial score (nSPS) is 16.5. The molecule has 0 bridgehead atoms. The van der Waals surface area contributed by atoms with Gasteiger partial charge in [-0.15, -0.1) is 11.3 Å². The quantitative estimate of drug-likeness (QED) is 0.663. The van der Waals surface area contributed by atoms with Crippen molar-refractivity contribution in [3.05, 3.63) is 70.3 Å². The van der Waals surface area contributed by atoms with Gasteiger partial charge in [-0.2, -0.15) is 0 Å². The number of benzene rings is 2. The Hall–Kier alpha value is -2.73. The van der Waals surface area contributed by atoms with Crippen LogP contribution in [0.5, 0.6) is 5.75 Å². The Morgan fingerprint density at radius 3 is 2.85 bits per heavy atom. The predicted octanol–water partition coefficient (Wildman–Crippen LogP) is 4.59. The molecule has 0 unspecified atom stereocenters. The van der Waals surface area contributed by atoms with E-state index in [4.69, 9.17) is 9.72 Å². The van der Waals surface area contributed by atoms with E-state index in [-0.39, 0.29) is 17.6 Å². The number of aromatic nitrogens is 1. The standard InChI is InChI=1S/C21H19FN2O2S/c1-26-19-11-16(22)7-8-17(19)18-13-27-20(23-18)15-9-10-24(12-15)21(25)14-5-3-2-4-6-14/h2-8,11,13,15H,9-10,12H2,1H3/t15-/m1/s1. The molecule has 0 spiro atoms. The monoisotopic (exact) mass is 382 g/mol. The SMILES string of the molecule is COc1cc(F)ccc1-c1csc([C@@H]2CCN(C(=O)c3ccccc3)C2)n1. The Kier molecular flexibility index (Phi) is 4.90. The van der Waals surface area contributed by atoms with Crippen molar-refractivity contribution < 1.29 is 13.9 Å². The van der Waals surface area contributed by atoms with Crippen LogP contribution in [-0.4, -0.2) is 36.0 Å². The van der Waals surface area contributed by atoms with Crippen LogP contribution in [0, 0.1) is 5.82 Å². The van der Waals surface area contributed by atoms with Crippen molar-refractivity contribution in [2.75, 3.05) is 20.2 Å². The van der Waals surface area contributed by atoms with Gasteiger partial charge in [0, 0.05) is 41.6 Å². The zero-order valence-electron chi connectivity index (χ0n) is 14.9. The molecule has 0 radical (unpaired) electrons. The van der Waals surface area contributed by atoms with Gasteiger partial charge in [0.2, 0.25) is 0 Å². The van der Waals surface area contributed by atoms with Gasteiger partial charge in [0.05, 0.1) is 17.8 Å². The largest absolute Gasteiger partial charge is 0.496 e. The average molecular weight is 382 g/mol. The number of hydrogen-bond donors (Lipinski definition) is 0. The van der Waals surface area contributed by atoms with E-state index in [1.807, 2.05) is 40.6 Å². The number of amides is 1. The summed E-state index contributed by atoms with van der Waals surface area (Å²) in [4.78, 5) is 19.3. The van der Waals surface area contributed by atoms with Gasteiger partial charge in [0.15, 0.2) is 0 Å². The molecule has 27 heavy (non-hydrogen) atoms. The average Bonchev–Trinajstić information content (AvgIpc) is 3.37. The first-order chi connectivity index (χ1) is 13.2. The Morgan fingerprint density at radius 2 is 2.07 bits per heavy atom. The second-order valence-corrected chi connectivity index (χ2v) is 7.41. The first-order valence-corrected chi connectivity index (χ1v) is 9.67. The molecule has 4 nitrogen and oxygen atoms in total. The number of ether oxygens (including phenoxy) is 1. The van der Waals surface area contributed by atoms with E-state index in [2.05, 4.69) is 0 Å². The first kappa shape index (κ1) is 17.7. The molecule has 0 N–H and O–H groups in total. The van der Waals surface area contributed by atoms with Crippen LogP contribution in [0.15, 0.2) is 53.9 Å². The molecule has 6 heteroatoms. The topological polar surface area (TPSA) is 42.4 Å². The molecule has 2 heterocycles. The highest BCUT2D eigenvalue weighted by Gasteiger charge is 2.30. The van der Waals surface area contributed by atoms with Crippen molar-refractivity contribution in [1.29, 1.82) is 0 Å². The molecule has 1 saturated heterocycles. The van der Waals surface area contributed by atoms with E-state index in [0.29, 0.717) is 17.9 Å². The van der Waals surface area contributed by atoms with Gasteiger partial charge >= 0.3 is 0 Å². The first-order valence-electron chi connectivity index (χ1n) is 8.79. The molecular formula is C21H19FN2O2S. The third-order valence-electron chi connectivity index (χ3n) is 4.81. The van der Waals surface area contributed by atoms with Gasteiger partial charge < -0.3 is 9.64 Å². The summed E-state index contributed by atoms with van der Waals surface area (Å²) < 4.78 is 18.7. The molecule has 3 aromatic rings. The Balaban J connectivity index is 1.51. The van der Waals surface area contributed by atoms with Crippen LogP contribution in [0.4, 0.5) is 4.39 Å². The summed E-state index contributed by atoms with van der Waals surface area (Å²) in [6.07, 6.45) is 0.895. The third kappa shape index (κ3) is 3.57. The molecular weight excluding hydrogens is 363 g/mol. The third-order valence-corrected chi connectivity index (χ3v) is 5.81. The predicted molar refractivity (Wildman–Crippen MR) is 104 cm³/mol. The lowest BCUT2D eigenvalue weighted by Crippen LogP contribution is -2.28. The van der Waals surface area contributed by atoms with E-state index in [1.165, 1.54) is 19.2 Å². The second kappa shape index (κ2) is 7.48. The number of thiazole rings is 1. The number of rotatable bonds is 4. The maximum absolute atomic E-state index is 13.4. The Labute approximate surface area is 161 Å². The molecule has 1 aromatic heterocycles. The summed E-state index contributed by atoms with van der Waals surface area (Å²) in [5, 5.41) is 2.96. The van der Waals surface area contributed by atoms with Crippen LogP contribution in [0.3, 0.4) is 0 Å². The van der Waals surface area contributed by atoms with E-state index in [0.717, 1.165) is 29.2 Å². The molecule has 1 amide bonds. The van der Waals surface area contributed by atoms with Gasteiger partial charge in [-0.1, -0.05) is 18.2 Å². The minimum Gasteiger partial charge on any atom is -0.496 e. The maximum Gasteiger partial charge on any atom is 0.253 e. The minimum absolute atomic E-state index is 0.0649. The van der Waals surface area contributed by atoms with E-state index >= 15 is 0 Å². The highest BCUT2D eigenvalue weighted by molar-refractivity contribution is 7.10. The van der Waals surface area contributed by atoms with Crippen molar-refractivity contribution in [3.63, 3.8) is 0 Å². The van der Waals surface area contributed by atoms with Crippen LogP contribution in [0.1, 0.15) is 27.7 Å². The summed E-state index contributed by atoms with van der Waals surface area (Å²) in [5.74, 6) is 0.425. The fraction of sp³-hybridized carbons (Fsp3) is 0.238. The van der Waals surface area contributed by atoms with E-state index < -0.39 is 0 Å². The zero-order valence-corrected chi connectivity index (χ0v) is 15.7. The summed E-state index contributed by atoms with van der Waals surface area (Å²) >= 11 is 1.58. The van der Waals surface area contributed by atoms with Crippen LogP contribution in [-0.2, 0) is 0 Å². The molecule has 0 saturated carbocycles. The van der Waals surface area contributed by atoms with Crippen LogP contribution in [0.2, 0.25) is 0 Å². The van der Waals surface area contributed by atoms with Crippen molar-refractivity contribution in [1.82, 2.24) is 9.88 Å². The van der Waals surface area contributed by atoms with Gasteiger partial charge in [-0.05, 0) is 30.7 Å². The molecule has 138 valence electrons. The van der Waals surface area contributed by atoms with Gasteiger partial charge in [-0.3, -0.25) is 4.79 Å². The number of methoxy groups -OCH3 is 1. The fourth-order valence-electron chi connectivity index (χ4n) is 3.39. The zero-order chi connectivity index (χ0) is 18.8. The number of hydrogen-bond acceptors (Lipinski definition) is 4. The van der Waals surface area contributed by atoms with Crippen molar-refractivity contribution >= 4 is 17.2 Å². The number of halogens is 1. The van der Waals surface area contributed by atoms with Crippen LogP contribution in [0.25, 0.3) is 11.3 Å². The van der Waals surface area contributed by atoms with Gasteiger partial charge in [-0.25, -0.2) is 9.37 Å². The van der Waals surface area contributed by atoms with E-state index in [9.17, 15) is 9.18 Å². The molecule has 4 rings (SSSR count). The summed E-state index contributed by atoms with van der Waals surface area (Å²) in [7, 11) is 1.52. The number of likely N-dealkylation sites (tertiary alicyclic amines) is 1. The van der Waals surface area contributed by atoms with Crippen molar-refractivity contribution in [2.24, 2.45) is 0 Å². The second-order valence-electron chi connectivity index (χ2n) is 6.52. The molecule has 1 aliphatic rings. The summed E-state index contributed by atoms with van der Waals surface area (Å²) in [6.45, 7) is 1.40. The molecule has 2 aromatic carbocycles. The number of carbonyl (C=O) groups is 1. The number of carbonyl (C=O) groups excluding carboxylic acids is 1. The fourth-order valence-corrected chi connectivity index (χ4v) is 4.33. The smallest absolute Gasteiger partial charge is 0.253 e. The summed E-state index contributed by atoms with van der Waals surface area (Å²) in [6, 6.07) is 13.8. The number of nitrogens with zero attached hydrogens (tertiary/aromatic N) is 2.